The highest BCUT2D eigenvalue weighted by atomic mass is 35.5. The van der Waals surface area contributed by atoms with Gasteiger partial charge in [0.1, 0.15) is 10.8 Å². The number of halogens is 1. The molecule has 1 fully saturated rings. The Morgan fingerprint density at radius 3 is 2.79 bits per heavy atom. The first-order chi connectivity index (χ1) is 11.2. The molecule has 0 radical (unpaired) electrons. The van der Waals surface area contributed by atoms with Crippen LogP contribution >= 0.6 is 11.6 Å². The van der Waals surface area contributed by atoms with E-state index in [-0.39, 0.29) is 17.3 Å². The van der Waals surface area contributed by atoms with Crippen molar-refractivity contribution in [1.29, 1.82) is 0 Å². The van der Waals surface area contributed by atoms with Crippen molar-refractivity contribution in [2.24, 2.45) is 0 Å². The lowest BCUT2D eigenvalue weighted by molar-refractivity contribution is 0.0125. The molecule has 0 N–H and O–H groups in total. The van der Waals surface area contributed by atoms with E-state index >= 15 is 0 Å². The minimum absolute atomic E-state index is 0.141. The van der Waals surface area contributed by atoms with Gasteiger partial charge in [-0.15, -0.1) is 0 Å². The maximum atomic E-state index is 12.6. The van der Waals surface area contributed by atoms with E-state index in [0.717, 1.165) is 24.8 Å². The van der Waals surface area contributed by atoms with E-state index in [1.165, 1.54) is 0 Å². The highest BCUT2D eigenvalue weighted by Gasteiger charge is 2.32. The molecule has 2 heterocycles. The van der Waals surface area contributed by atoms with Crippen molar-refractivity contribution >= 4 is 28.5 Å². The Balaban J connectivity index is 2.08. The number of hydrogen-bond acceptors (Lipinski definition) is 5. The molecule has 0 unspecified atom stereocenters. The van der Waals surface area contributed by atoms with E-state index in [2.05, 4.69) is 9.97 Å². The number of amides is 1. The smallest absolute Gasteiger partial charge is 0.410 e. The van der Waals surface area contributed by atoms with Crippen LogP contribution in [0, 0.1) is 6.92 Å². The lowest BCUT2D eigenvalue weighted by Gasteiger charge is -2.36. The van der Waals surface area contributed by atoms with Gasteiger partial charge in [-0.1, -0.05) is 11.6 Å². The molecule has 0 aromatic carbocycles. The van der Waals surface area contributed by atoms with Crippen molar-refractivity contribution in [2.75, 3.05) is 12.3 Å². The van der Waals surface area contributed by atoms with Gasteiger partial charge < -0.3 is 9.64 Å². The summed E-state index contributed by atoms with van der Waals surface area (Å²) in [7, 11) is -1.42. The lowest BCUT2D eigenvalue weighted by Crippen LogP contribution is -2.48. The molecule has 1 aromatic rings. The molecular weight excluding hydrogens is 350 g/mol. The third-order valence-electron chi connectivity index (χ3n) is 3.69. The summed E-state index contributed by atoms with van der Waals surface area (Å²) in [6, 6.07) is -0.141. The minimum atomic E-state index is -1.42. The van der Waals surface area contributed by atoms with Crippen LogP contribution in [-0.2, 0) is 15.5 Å². The molecule has 134 valence electrons. The topological polar surface area (TPSA) is 72.4 Å². The maximum Gasteiger partial charge on any atom is 0.410 e. The van der Waals surface area contributed by atoms with Crippen LogP contribution in [0.5, 0.6) is 0 Å². The molecule has 0 saturated carbocycles. The fourth-order valence-corrected chi connectivity index (χ4v) is 3.89. The largest absolute Gasteiger partial charge is 0.444 e. The predicted molar refractivity (Wildman–Crippen MR) is 93.6 cm³/mol. The van der Waals surface area contributed by atoms with Gasteiger partial charge in [0.2, 0.25) is 5.16 Å². The van der Waals surface area contributed by atoms with Gasteiger partial charge >= 0.3 is 6.09 Å². The van der Waals surface area contributed by atoms with E-state index in [1.54, 1.807) is 18.0 Å². The summed E-state index contributed by atoms with van der Waals surface area (Å²) in [5.74, 6) is 0.290. The molecule has 6 nitrogen and oxygen atoms in total. The Labute approximate surface area is 150 Å². The molecule has 0 aliphatic carbocycles. The molecule has 1 amide bonds. The first kappa shape index (κ1) is 19.1. The summed E-state index contributed by atoms with van der Waals surface area (Å²) in [5, 5.41) is 0.515. The van der Waals surface area contributed by atoms with Crippen molar-refractivity contribution in [1.82, 2.24) is 14.9 Å². The second-order valence-corrected chi connectivity index (χ2v) is 8.71. The summed E-state index contributed by atoms with van der Waals surface area (Å²) in [5.41, 5.74) is 0.191. The standard InChI is InChI=1S/C16H24ClN3O3S/c1-11-9-18-14(19-13(11)17)24(22)10-12-7-5-6-8-20(12)15(21)23-16(2,3)4/h9,12H,5-8,10H2,1-4H3/t12-,24+/m1/s1. The normalized spacial score (nSPS) is 19.9. The number of aromatic nitrogens is 2. The van der Waals surface area contributed by atoms with E-state index in [4.69, 9.17) is 16.3 Å². The monoisotopic (exact) mass is 373 g/mol. The third kappa shape index (κ3) is 5.14. The van der Waals surface area contributed by atoms with Gasteiger partial charge in [-0.05, 0) is 47.0 Å². The van der Waals surface area contributed by atoms with Crippen LogP contribution in [0.25, 0.3) is 0 Å². The molecule has 1 aliphatic rings. The molecule has 1 aliphatic heterocycles. The molecule has 0 bridgehead atoms. The van der Waals surface area contributed by atoms with Crippen LogP contribution in [0.4, 0.5) is 4.79 Å². The number of ether oxygens (including phenoxy) is 1. The number of likely N-dealkylation sites (tertiary alicyclic amines) is 1. The van der Waals surface area contributed by atoms with Crippen LogP contribution in [0.3, 0.4) is 0 Å². The fraction of sp³-hybridized carbons (Fsp3) is 0.688. The number of rotatable bonds is 3. The molecule has 2 rings (SSSR count). The number of carbonyl (C=O) groups is 1. The number of nitrogens with zero attached hydrogens (tertiary/aromatic N) is 3. The lowest BCUT2D eigenvalue weighted by atomic mass is 10.0. The van der Waals surface area contributed by atoms with E-state index in [1.807, 2.05) is 20.8 Å². The summed E-state index contributed by atoms with van der Waals surface area (Å²) >= 11 is 5.98. The number of hydrogen-bond donors (Lipinski definition) is 0. The highest BCUT2D eigenvalue weighted by molar-refractivity contribution is 7.84. The average Bonchev–Trinajstić information content (AvgIpc) is 2.48. The van der Waals surface area contributed by atoms with Crippen LogP contribution < -0.4 is 0 Å². The van der Waals surface area contributed by atoms with Gasteiger partial charge in [0.05, 0.1) is 16.6 Å². The summed E-state index contributed by atoms with van der Waals surface area (Å²) < 4.78 is 18.0. The van der Waals surface area contributed by atoms with Gasteiger partial charge in [0.15, 0.2) is 0 Å². The molecule has 8 heteroatoms. The van der Waals surface area contributed by atoms with Crippen molar-refractivity contribution in [3.63, 3.8) is 0 Å². The van der Waals surface area contributed by atoms with Crippen molar-refractivity contribution in [2.45, 2.75) is 63.8 Å². The minimum Gasteiger partial charge on any atom is -0.444 e. The van der Waals surface area contributed by atoms with Gasteiger partial charge in [-0.2, -0.15) is 0 Å². The van der Waals surface area contributed by atoms with Gasteiger partial charge in [-0.3, -0.25) is 4.21 Å². The van der Waals surface area contributed by atoms with Gasteiger partial charge in [0.25, 0.3) is 0 Å². The number of carbonyl (C=O) groups excluding carboxylic acids is 1. The SMILES string of the molecule is Cc1cnc([S@@](=O)C[C@H]2CCCCN2C(=O)OC(C)(C)C)nc1Cl. The molecular formula is C16H24ClN3O3S. The van der Waals surface area contributed by atoms with Crippen LogP contribution in [0.15, 0.2) is 11.4 Å². The second-order valence-electron chi connectivity index (χ2n) is 6.96. The Morgan fingerprint density at radius 1 is 1.46 bits per heavy atom. The summed E-state index contributed by atoms with van der Waals surface area (Å²) in [4.78, 5) is 22.3. The number of aryl methyl sites for hydroxylation is 1. The zero-order valence-corrected chi connectivity index (χ0v) is 16.1. The Morgan fingerprint density at radius 2 is 2.17 bits per heavy atom. The first-order valence-corrected chi connectivity index (χ1v) is 9.74. The summed E-state index contributed by atoms with van der Waals surface area (Å²) in [6.07, 6.45) is 3.93. The maximum absolute atomic E-state index is 12.6. The number of piperidine rings is 1. The summed E-state index contributed by atoms with van der Waals surface area (Å²) in [6.45, 7) is 7.92. The van der Waals surface area contributed by atoms with Gasteiger partial charge in [0, 0.05) is 24.3 Å². The Kier molecular flexibility index (Phi) is 6.20. The Bertz CT molecular complexity index is 633. The van der Waals surface area contributed by atoms with E-state index < -0.39 is 16.4 Å². The van der Waals surface area contributed by atoms with Crippen molar-refractivity contribution < 1.29 is 13.7 Å². The van der Waals surface area contributed by atoms with Crippen molar-refractivity contribution in [3.05, 3.63) is 16.9 Å². The van der Waals surface area contributed by atoms with Crippen LogP contribution in [0.1, 0.15) is 45.6 Å². The first-order valence-electron chi connectivity index (χ1n) is 8.04. The van der Waals surface area contributed by atoms with E-state index in [9.17, 15) is 9.00 Å². The zero-order chi connectivity index (χ0) is 17.9. The molecule has 1 saturated heterocycles. The third-order valence-corrected chi connectivity index (χ3v) is 5.36. The van der Waals surface area contributed by atoms with Crippen LogP contribution in [-0.4, -0.2) is 49.1 Å². The van der Waals surface area contributed by atoms with Crippen molar-refractivity contribution in [3.8, 4) is 0 Å². The molecule has 24 heavy (non-hydrogen) atoms. The fourth-order valence-electron chi connectivity index (χ4n) is 2.50. The Hall–Kier alpha value is -1.21. The molecule has 1 aromatic heterocycles. The quantitative estimate of drug-likeness (QED) is 0.600. The molecule has 2 atom stereocenters. The predicted octanol–water partition coefficient (Wildman–Crippen LogP) is 3.34. The second kappa shape index (κ2) is 7.78. The highest BCUT2D eigenvalue weighted by Crippen LogP contribution is 2.22. The van der Waals surface area contributed by atoms with Gasteiger partial charge in [-0.25, -0.2) is 14.8 Å². The van der Waals surface area contributed by atoms with E-state index in [0.29, 0.717) is 17.5 Å². The average molecular weight is 374 g/mol. The van der Waals surface area contributed by atoms with Crippen LogP contribution in [0.2, 0.25) is 5.15 Å². The zero-order valence-electron chi connectivity index (χ0n) is 14.5. The molecule has 0 spiro atoms.